The Morgan fingerprint density at radius 3 is 2.65 bits per heavy atom. The number of furan rings is 1. The number of rotatable bonds is 4. The van der Waals surface area contributed by atoms with E-state index in [-0.39, 0.29) is 17.3 Å². The van der Waals surface area contributed by atoms with E-state index in [0.717, 1.165) is 35.4 Å². The minimum absolute atomic E-state index is 0.0355. The molecule has 0 saturated heterocycles. The number of hydrogen-bond acceptors (Lipinski definition) is 4. The van der Waals surface area contributed by atoms with Crippen LogP contribution in [0.25, 0.3) is 0 Å². The van der Waals surface area contributed by atoms with E-state index in [9.17, 15) is 4.79 Å². The van der Waals surface area contributed by atoms with Gasteiger partial charge in [-0.15, -0.1) is 5.10 Å². The number of guanidine groups is 1. The van der Waals surface area contributed by atoms with E-state index >= 15 is 0 Å². The van der Waals surface area contributed by atoms with Crippen molar-refractivity contribution in [1.82, 2.24) is 5.32 Å². The van der Waals surface area contributed by atoms with Crippen LogP contribution < -0.4 is 16.8 Å². The second-order valence-corrected chi connectivity index (χ2v) is 6.70. The van der Waals surface area contributed by atoms with Crippen LogP contribution in [0.15, 0.2) is 14.6 Å². The van der Waals surface area contributed by atoms with E-state index in [1.54, 1.807) is 0 Å². The highest BCUT2D eigenvalue weighted by atomic mass is 16.4. The van der Waals surface area contributed by atoms with Crippen LogP contribution in [0.4, 0.5) is 0 Å². The highest BCUT2D eigenvalue weighted by molar-refractivity contribution is 6.07. The second-order valence-electron chi connectivity index (χ2n) is 6.70. The molecule has 1 amide bonds. The molecule has 0 aliphatic heterocycles. The molecule has 23 heavy (non-hydrogen) atoms. The van der Waals surface area contributed by atoms with Crippen LogP contribution in [0.2, 0.25) is 0 Å². The van der Waals surface area contributed by atoms with Crippen LogP contribution in [0.5, 0.6) is 0 Å². The zero-order chi connectivity index (χ0) is 17.2. The zero-order valence-corrected chi connectivity index (χ0v) is 14.2. The molecule has 126 valence electrons. The number of fused-ring (bicyclic) bond motifs is 1. The first-order chi connectivity index (χ1) is 10.7. The Morgan fingerprint density at radius 2 is 2.04 bits per heavy atom. The molecule has 0 radical (unpaired) electrons. The van der Waals surface area contributed by atoms with Gasteiger partial charge in [0, 0.05) is 24.1 Å². The summed E-state index contributed by atoms with van der Waals surface area (Å²) in [6.07, 6.45) is 2.33. The smallest absolute Gasteiger partial charge is 0.287 e. The molecule has 7 nitrogen and oxygen atoms in total. The maximum atomic E-state index is 12.3. The van der Waals surface area contributed by atoms with Crippen LogP contribution >= 0.6 is 0 Å². The van der Waals surface area contributed by atoms with Gasteiger partial charge in [0.25, 0.3) is 5.91 Å². The highest BCUT2D eigenvalue weighted by Gasteiger charge is 2.36. The van der Waals surface area contributed by atoms with Crippen LogP contribution in [-0.4, -0.2) is 24.1 Å². The fraction of sp³-hybridized carbons (Fsp3) is 0.562. The molecule has 1 aromatic heterocycles. The lowest BCUT2D eigenvalue weighted by atomic mass is 9.75. The Morgan fingerprint density at radius 1 is 1.35 bits per heavy atom. The van der Waals surface area contributed by atoms with E-state index in [4.69, 9.17) is 15.9 Å². The lowest BCUT2D eigenvalue weighted by Crippen LogP contribution is -2.27. The van der Waals surface area contributed by atoms with Gasteiger partial charge in [0.15, 0.2) is 5.76 Å². The van der Waals surface area contributed by atoms with Crippen molar-refractivity contribution in [3.05, 3.63) is 22.6 Å². The third-order valence-corrected chi connectivity index (χ3v) is 3.82. The Labute approximate surface area is 136 Å². The van der Waals surface area contributed by atoms with Crippen molar-refractivity contribution < 1.29 is 9.21 Å². The Kier molecular flexibility index (Phi) is 4.77. The normalized spacial score (nSPS) is 17.7. The van der Waals surface area contributed by atoms with Crippen molar-refractivity contribution in [3.8, 4) is 0 Å². The number of carbonyl (C=O) groups excluding carboxylic acids is 1. The summed E-state index contributed by atoms with van der Waals surface area (Å²) in [5, 5.41) is 10.8. The lowest BCUT2D eigenvalue weighted by molar-refractivity contribution is 0.0922. The minimum Gasteiger partial charge on any atom is -0.455 e. The number of nitrogens with one attached hydrogen (secondary N) is 1. The van der Waals surface area contributed by atoms with Gasteiger partial charge in [-0.25, -0.2) is 0 Å². The maximum absolute atomic E-state index is 12.3. The SMILES string of the molecule is CCCNC(=O)c1oc2c(c1C)/C(=N\N=C(N)N)CC(C)(C)C2. The van der Waals surface area contributed by atoms with Gasteiger partial charge >= 0.3 is 0 Å². The highest BCUT2D eigenvalue weighted by Crippen LogP contribution is 2.38. The summed E-state index contributed by atoms with van der Waals surface area (Å²) in [4.78, 5) is 12.3. The van der Waals surface area contributed by atoms with Gasteiger partial charge < -0.3 is 21.2 Å². The molecule has 0 spiro atoms. The van der Waals surface area contributed by atoms with Gasteiger partial charge in [-0.2, -0.15) is 5.10 Å². The molecule has 0 fully saturated rings. The van der Waals surface area contributed by atoms with Crippen LogP contribution in [0, 0.1) is 12.3 Å². The summed E-state index contributed by atoms with van der Waals surface area (Å²) in [6, 6.07) is 0. The number of hydrogen-bond donors (Lipinski definition) is 3. The summed E-state index contributed by atoms with van der Waals surface area (Å²) >= 11 is 0. The molecule has 1 aliphatic rings. The predicted molar refractivity (Wildman–Crippen MR) is 90.5 cm³/mol. The van der Waals surface area contributed by atoms with E-state index in [2.05, 4.69) is 29.4 Å². The van der Waals surface area contributed by atoms with Crippen molar-refractivity contribution >= 4 is 17.6 Å². The van der Waals surface area contributed by atoms with Gasteiger partial charge in [-0.1, -0.05) is 20.8 Å². The standard InChI is InChI=1S/C16H25N5O2/c1-5-6-19-14(22)13-9(2)12-10(20-21-15(17)18)7-16(3,4)8-11(12)23-13/h5-8H2,1-4H3,(H,19,22)(H4,17,18,21)/b20-10-. The van der Waals surface area contributed by atoms with Crippen molar-refractivity contribution in [1.29, 1.82) is 0 Å². The fourth-order valence-corrected chi connectivity index (χ4v) is 2.85. The molecule has 0 saturated carbocycles. The topological polar surface area (TPSA) is 119 Å². The molecule has 7 heteroatoms. The average molecular weight is 319 g/mol. The third-order valence-electron chi connectivity index (χ3n) is 3.82. The largest absolute Gasteiger partial charge is 0.455 e. The van der Waals surface area contributed by atoms with Crippen LogP contribution in [-0.2, 0) is 6.42 Å². The Bertz CT molecular complexity index is 666. The number of nitrogens with two attached hydrogens (primary N) is 2. The molecule has 1 aliphatic carbocycles. The molecule has 1 heterocycles. The van der Waals surface area contributed by atoms with Crippen molar-refractivity contribution in [2.45, 2.75) is 47.0 Å². The molecular weight excluding hydrogens is 294 g/mol. The fourth-order valence-electron chi connectivity index (χ4n) is 2.85. The van der Waals surface area contributed by atoms with Gasteiger partial charge in [0.1, 0.15) is 5.76 Å². The minimum atomic E-state index is -0.197. The first kappa shape index (κ1) is 17.1. The van der Waals surface area contributed by atoms with Crippen LogP contribution in [0.1, 0.15) is 61.1 Å². The zero-order valence-electron chi connectivity index (χ0n) is 14.2. The molecule has 0 unspecified atom stereocenters. The summed E-state index contributed by atoms with van der Waals surface area (Å²) < 4.78 is 5.86. The second kappa shape index (κ2) is 6.44. The van der Waals surface area contributed by atoms with E-state index in [1.807, 2.05) is 13.8 Å². The van der Waals surface area contributed by atoms with Crippen molar-refractivity contribution in [3.63, 3.8) is 0 Å². The van der Waals surface area contributed by atoms with Gasteiger partial charge in [0.2, 0.25) is 5.96 Å². The lowest BCUT2D eigenvalue weighted by Gasteiger charge is -2.29. The quantitative estimate of drug-likeness (QED) is 0.444. The Balaban J connectivity index is 2.48. The predicted octanol–water partition coefficient (Wildman–Crippen LogP) is 1.68. The first-order valence-corrected chi connectivity index (χ1v) is 7.81. The summed E-state index contributed by atoms with van der Waals surface area (Å²) in [7, 11) is 0. The molecule has 0 aromatic carbocycles. The summed E-state index contributed by atoms with van der Waals surface area (Å²) in [5.74, 6) is 0.825. The molecule has 1 aromatic rings. The summed E-state index contributed by atoms with van der Waals surface area (Å²) in [5.41, 5.74) is 13.1. The van der Waals surface area contributed by atoms with Crippen molar-refractivity contribution in [2.75, 3.05) is 6.54 Å². The molecule has 2 rings (SSSR count). The van der Waals surface area contributed by atoms with Gasteiger partial charge in [0.05, 0.1) is 5.71 Å². The molecular formula is C16H25N5O2. The molecule has 0 bridgehead atoms. The maximum Gasteiger partial charge on any atom is 0.287 e. The molecule has 5 N–H and O–H groups in total. The van der Waals surface area contributed by atoms with Crippen molar-refractivity contribution in [2.24, 2.45) is 27.1 Å². The molecule has 0 atom stereocenters. The number of nitrogens with zero attached hydrogens (tertiary/aromatic N) is 2. The van der Waals surface area contributed by atoms with E-state index in [0.29, 0.717) is 18.7 Å². The summed E-state index contributed by atoms with van der Waals surface area (Å²) in [6.45, 7) is 8.73. The van der Waals surface area contributed by atoms with E-state index < -0.39 is 0 Å². The van der Waals surface area contributed by atoms with Crippen LogP contribution in [0.3, 0.4) is 0 Å². The van der Waals surface area contributed by atoms with Gasteiger partial charge in [-0.3, -0.25) is 4.79 Å². The van der Waals surface area contributed by atoms with Gasteiger partial charge in [-0.05, 0) is 25.2 Å². The number of carbonyl (C=O) groups is 1. The monoisotopic (exact) mass is 319 g/mol. The van der Waals surface area contributed by atoms with E-state index in [1.165, 1.54) is 0 Å². The number of amides is 1. The third kappa shape index (κ3) is 3.72. The first-order valence-electron chi connectivity index (χ1n) is 7.81. The Hall–Kier alpha value is -2.31. The average Bonchev–Trinajstić information content (AvgIpc) is 2.77.